The fourth-order valence-electron chi connectivity index (χ4n) is 1.45. The first kappa shape index (κ1) is 9.05. The van der Waals surface area contributed by atoms with Crippen LogP contribution in [-0.4, -0.2) is 39.5 Å². The Balaban J connectivity index is 2.58. The predicted octanol–water partition coefficient (Wildman–Crippen LogP) is 0.0999. The molecule has 1 atom stereocenters. The van der Waals surface area contributed by atoms with Gasteiger partial charge in [0.1, 0.15) is 6.04 Å². The minimum Gasteiger partial charge on any atom is -0.569 e. The summed E-state index contributed by atoms with van der Waals surface area (Å²) in [6, 6.07) is -0.202. The number of hydrazine groups is 1. The lowest BCUT2D eigenvalue weighted by atomic mass is 10.1. The molecule has 0 radical (unpaired) electrons. The van der Waals surface area contributed by atoms with Crippen molar-refractivity contribution in [2.45, 2.75) is 25.3 Å². The second kappa shape index (κ2) is 4.10. The third kappa shape index (κ3) is 1.76. The van der Waals surface area contributed by atoms with Gasteiger partial charge in [-0.1, -0.05) is 0 Å². The molecule has 1 saturated heterocycles. The quantitative estimate of drug-likeness (QED) is 0.354. The third-order valence-corrected chi connectivity index (χ3v) is 2.10. The number of hydrogen-bond acceptors (Lipinski definition) is 3. The molecule has 6 nitrogen and oxygen atoms in total. The topological polar surface area (TPSA) is 82.1 Å². The van der Waals surface area contributed by atoms with E-state index >= 15 is 0 Å². The Bertz CT molecular complexity index is 173. The minimum atomic E-state index is -0.202. The Hall–Kier alpha value is -1.04. The summed E-state index contributed by atoms with van der Waals surface area (Å²) in [4.78, 5) is 0.139. The smallest absolute Gasteiger partial charge is 0.230 e. The fraction of sp³-hybridized carbons (Fsp3) is 1.00. The molecule has 0 aromatic carbocycles. The van der Waals surface area contributed by atoms with Crippen molar-refractivity contribution in [1.82, 2.24) is 5.01 Å². The van der Waals surface area contributed by atoms with Crippen LogP contribution < -0.4 is 0 Å². The van der Waals surface area contributed by atoms with E-state index in [0.29, 0.717) is 6.54 Å². The van der Waals surface area contributed by atoms with Crippen molar-refractivity contribution in [3.05, 3.63) is 5.21 Å². The highest BCUT2D eigenvalue weighted by Crippen LogP contribution is 2.16. The first-order valence-electron chi connectivity index (χ1n) is 3.99. The summed E-state index contributed by atoms with van der Waals surface area (Å²) in [5, 5.41) is 31.8. The minimum absolute atomic E-state index is 0.0751. The molecule has 1 rings (SSSR count). The maximum Gasteiger partial charge on any atom is 0.230 e. The zero-order valence-electron chi connectivity index (χ0n) is 6.76. The van der Waals surface area contributed by atoms with Gasteiger partial charge in [-0.05, 0) is 19.3 Å². The van der Waals surface area contributed by atoms with Gasteiger partial charge in [-0.25, -0.2) is 0 Å². The molecular formula is C6H13N3O3. The monoisotopic (exact) mass is 175 g/mol. The summed E-state index contributed by atoms with van der Waals surface area (Å²) in [6.45, 7) is 0.465. The van der Waals surface area contributed by atoms with Crippen molar-refractivity contribution in [3.8, 4) is 0 Å². The van der Waals surface area contributed by atoms with E-state index in [1.54, 1.807) is 0 Å². The van der Waals surface area contributed by atoms with Gasteiger partial charge in [0, 0.05) is 0 Å². The molecule has 70 valence electrons. The average molecular weight is 175 g/mol. The van der Waals surface area contributed by atoms with Gasteiger partial charge in [0.2, 0.25) is 5.28 Å². The van der Waals surface area contributed by atoms with Gasteiger partial charge >= 0.3 is 0 Å². The number of hydrogen-bond donors (Lipinski definition) is 2. The van der Waals surface area contributed by atoms with Crippen LogP contribution in [0, 0.1) is 5.21 Å². The third-order valence-electron chi connectivity index (χ3n) is 2.10. The second-order valence-electron chi connectivity index (χ2n) is 2.84. The number of piperidine rings is 1. The van der Waals surface area contributed by atoms with E-state index in [0.717, 1.165) is 19.3 Å². The van der Waals surface area contributed by atoms with E-state index in [-0.39, 0.29) is 17.6 Å². The van der Waals surface area contributed by atoms with Gasteiger partial charge in [-0.3, -0.25) is 0 Å². The zero-order valence-corrected chi connectivity index (χ0v) is 6.76. The van der Waals surface area contributed by atoms with E-state index < -0.39 is 0 Å². The van der Waals surface area contributed by atoms with Gasteiger partial charge in [-0.2, -0.15) is 0 Å². The molecule has 0 saturated carbocycles. The van der Waals surface area contributed by atoms with Crippen LogP contribution in [0.5, 0.6) is 0 Å². The molecule has 1 fully saturated rings. The van der Waals surface area contributed by atoms with Gasteiger partial charge in [0.15, 0.2) is 0 Å². The fourth-order valence-corrected chi connectivity index (χ4v) is 1.45. The number of nitrogens with zero attached hydrogens (tertiary/aromatic N) is 3. The molecule has 1 unspecified atom stereocenters. The van der Waals surface area contributed by atoms with E-state index in [9.17, 15) is 5.21 Å². The lowest BCUT2D eigenvalue weighted by Gasteiger charge is -2.29. The molecular weight excluding hydrogens is 162 g/mol. The van der Waals surface area contributed by atoms with Gasteiger partial charge < -0.3 is 15.5 Å². The first-order chi connectivity index (χ1) is 5.79. The van der Waals surface area contributed by atoms with E-state index in [1.807, 2.05) is 0 Å². The van der Waals surface area contributed by atoms with Crippen LogP contribution in [-0.2, 0) is 0 Å². The molecule has 12 heavy (non-hydrogen) atoms. The second-order valence-corrected chi connectivity index (χ2v) is 2.84. The van der Waals surface area contributed by atoms with Crippen LogP contribution >= 0.6 is 0 Å². The van der Waals surface area contributed by atoms with Crippen LogP contribution in [0.15, 0.2) is 5.28 Å². The van der Waals surface area contributed by atoms with Gasteiger partial charge in [0.25, 0.3) is 0 Å². The summed E-state index contributed by atoms with van der Waals surface area (Å²) in [5.41, 5.74) is 0. The molecule has 1 heterocycles. The predicted molar refractivity (Wildman–Crippen MR) is 39.3 cm³/mol. The molecule has 1 aliphatic heterocycles. The summed E-state index contributed by atoms with van der Waals surface area (Å²) < 4.78 is 0. The molecule has 6 heteroatoms. The maximum absolute atomic E-state index is 10.9. The Labute approximate surface area is 70.2 Å². The molecule has 2 N–H and O–H groups in total. The Morgan fingerprint density at radius 2 is 2.33 bits per heavy atom. The highest BCUT2D eigenvalue weighted by atomic mass is 16.6. The highest BCUT2D eigenvalue weighted by Gasteiger charge is 2.27. The van der Waals surface area contributed by atoms with Crippen molar-refractivity contribution in [2.24, 2.45) is 5.28 Å². The lowest BCUT2D eigenvalue weighted by molar-refractivity contribution is -0.719. The summed E-state index contributed by atoms with van der Waals surface area (Å²) in [7, 11) is 0. The first-order valence-corrected chi connectivity index (χ1v) is 3.99. The Kier molecular flexibility index (Phi) is 3.09. The molecule has 0 spiro atoms. The number of aliphatic hydroxyl groups excluding tert-OH is 1. The molecule has 0 amide bonds. The lowest BCUT2D eigenvalue weighted by Crippen LogP contribution is -2.45. The van der Waals surface area contributed by atoms with Crippen LogP contribution in [0.1, 0.15) is 19.3 Å². The van der Waals surface area contributed by atoms with Crippen molar-refractivity contribution in [1.29, 1.82) is 0 Å². The Morgan fingerprint density at radius 3 is 2.92 bits per heavy atom. The van der Waals surface area contributed by atoms with E-state index in [2.05, 4.69) is 5.28 Å². The van der Waals surface area contributed by atoms with Crippen molar-refractivity contribution in [3.63, 3.8) is 0 Å². The summed E-state index contributed by atoms with van der Waals surface area (Å²) >= 11 is 0. The zero-order chi connectivity index (χ0) is 8.97. The van der Waals surface area contributed by atoms with Crippen molar-refractivity contribution < 1.29 is 15.3 Å². The SMILES string of the molecule is [O-][N+](=NO)N1CCCCC1CO. The normalized spacial score (nSPS) is 25.9. The van der Waals surface area contributed by atoms with E-state index in [4.69, 9.17) is 10.3 Å². The van der Waals surface area contributed by atoms with E-state index in [1.165, 1.54) is 5.01 Å². The van der Waals surface area contributed by atoms with Crippen molar-refractivity contribution in [2.75, 3.05) is 13.2 Å². The Morgan fingerprint density at radius 1 is 1.58 bits per heavy atom. The largest absolute Gasteiger partial charge is 0.569 e. The van der Waals surface area contributed by atoms with Crippen LogP contribution in [0.3, 0.4) is 0 Å². The number of aliphatic hydroxyl groups is 1. The molecule has 0 aromatic heterocycles. The van der Waals surface area contributed by atoms with Crippen LogP contribution in [0.4, 0.5) is 0 Å². The standard InChI is InChI=1S/C6H13N3O3/c10-5-6-3-1-2-4-8(6)9(12)7-11/h6,10-11H,1-5H2. The highest BCUT2D eigenvalue weighted by molar-refractivity contribution is 4.69. The summed E-state index contributed by atoms with van der Waals surface area (Å²) in [6.07, 6.45) is 2.66. The van der Waals surface area contributed by atoms with Crippen LogP contribution in [0.25, 0.3) is 0 Å². The number of rotatable bonds is 2. The maximum atomic E-state index is 10.9. The van der Waals surface area contributed by atoms with Crippen molar-refractivity contribution >= 4 is 0 Å². The average Bonchev–Trinajstić information content (AvgIpc) is 2.16. The summed E-state index contributed by atoms with van der Waals surface area (Å²) in [5.74, 6) is 0. The van der Waals surface area contributed by atoms with Gasteiger partial charge in [-0.15, -0.1) is 5.01 Å². The molecule has 0 aromatic rings. The molecule has 0 aliphatic carbocycles. The van der Waals surface area contributed by atoms with Gasteiger partial charge in [0.05, 0.1) is 18.1 Å². The van der Waals surface area contributed by atoms with Crippen LogP contribution in [0.2, 0.25) is 0 Å². The molecule has 1 aliphatic rings. The molecule has 0 bridgehead atoms.